The lowest BCUT2D eigenvalue weighted by Gasteiger charge is -2.37. The smallest absolute Gasteiger partial charge is 0.323 e. The Labute approximate surface area is 128 Å². The normalized spacial score (nSPS) is 21.9. The molecule has 1 spiro atoms. The zero-order valence-corrected chi connectivity index (χ0v) is 12.6. The number of aromatic nitrogens is 1. The van der Waals surface area contributed by atoms with Crippen molar-refractivity contribution in [3.05, 3.63) is 29.0 Å². The van der Waals surface area contributed by atoms with E-state index in [1.54, 1.807) is 12.4 Å². The van der Waals surface area contributed by atoms with Gasteiger partial charge in [0.1, 0.15) is 5.54 Å². The van der Waals surface area contributed by atoms with Crippen molar-refractivity contribution in [2.75, 3.05) is 20.1 Å². The quantitative estimate of drug-likeness (QED) is 0.835. The Hall–Kier alpha value is -1.66. The highest BCUT2D eigenvalue weighted by Crippen LogP contribution is 2.29. The predicted octanol–water partition coefficient (Wildman–Crippen LogP) is 1.25. The average Bonchev–Trinajstić information content (AvgIpc) is 2.67. The van der Waals surface area contributed by atoms with Gasteiger partial charge in [0, 0.05) is 39.1 Å². The van der Waals surface area contributed by atoms with Crippen LogP contribution in [0.1, 0.15) is 18.4 Å². The van der Waals surface area contributed by atoms with E-state index < -0.39 is 5.54 Å². The van der Waals surface area contributed by atoms with Crippen LogP contribution in [0.15, 0.2) is 18.5 Å². The first-order valence-electron chi connectivity index (χ1n) is 6.92. The summed E-state index contributed by atoms with van der Waals surface area (Å²) < 4.78 is 0. The van der Waals surface area contributed by atoms with Crippen LogP contribution in [0.3, 0.4) is 0 Å². The Morgan fingerprint density at radius 3 is 2.62 bits per heavy atom. The summed E-state index contributed by atoms with van der Waals surface area (Å²) in [6.45, 7) is 2.26. The maximum atomic E-state index is 12.2. The molecule has 3 amide bonds. The first kappa shape index (κ1) is 14.3. The van der Waals surface area contributed by atoms with Crippen LogP contribution in [0.25, 0.3) is 0 Å². The van der Waals surface area contributed by atoms with Gasteiger partial charge in [-0.3, -0.25) is 19.6 Å². The molecule has 3 rings (SSSR count). The van der Waals surface area contributed by atoms with Gasteiger partial charge in [-0.1, -0.05) is 11.6 Å². The zero-order valence-electron chi connectivity index (χ0n) is 11.8. The third-order valence-corrected chi connectivity index (χ3v) is 4.45. The van der Waals surface area contributed by atoms with Gasteiger partial charge in [-0.15, -0.1) is 0 Å². The molecule has 0 unspecified atom stereocenters. The number of urea groups is 1. The summed E-state index contributed by atoms with van der Waals surface area (Å²) in [5.41, 5.74) is 0.354. The number of likely N-dealkylation sites (tertiary alicyclic amines) is 1. The van der Waals surface area contributed by atoms with E-state index in [0.717, 1.165) is 25.2 Å². The van der Waals surface area contributed by atoms with Crippen LogP contribution in [0.4, 0.5) is 4.79 Å². The fourth-order valence-electron chi connectivity index (χ4n) is 2.99. The Bertz CT molecular complexity index is 584. The maximum absolute atomic E-state index is 12.2. The number of nitrogens with zero attached hydrogens (tertiary/aromatic N) is 3. The highest BCUT2D eigenvalue weighted by atomic mass is 35.5. The van der Waals surface area contributed by atoms with Crippen molar-refractivity contribution < 1.29 is 9.59 Å². The Morgan fingerprint density at radius 2 is 2.05 bits per heavy atom. The molecule has 21 heavy (non-hydrogen) atoms. The van der Waals surface area contributed by atoms with E-state index in [4.69, 9.17) is 11.6 Å². The number of rotatable bonds is 2. The highest BCUT2D eigenvalue weighted by molar-refractivity contribution is 6.30. The van der Waals surface area contributed by atoms with Crippen LogP contribution >= 0.6 is 11.6 Å². The second-order valence-electron chi connectivity index (χ2n) is 5.66. The number of amides is 3. The van der Waals surface area contributed by atoms with Gasteiger partial charge in [0.15, 0.2) is 0 Å². The summed E-state index contributed by atoms with van der Waals surface area (Å²) in [5, 5.41) is 3.47. The van der Waals surface area contributed by atoms with E-state index in [-0.39, 0.29) is 11.9 Å². The molecule has 2 fully saturated rings. The fraction of sp³-hybridized carbons (Fsp3) is 0.500. The molecule has 3 heterocycles. The number of nitrogens with one attached hydrogen (secondary N) is 1. The average molecular weight is 309 g/mol. The van der Waals surface area contributed by atoms with Gasteiger partial charge < -0.3 is 5.32 Å². The molecule has 0 atom stereocenters. The minimum absolute atomic E-state index is 0.114. The second kappa shape index (κ2) is 5.27. The first-order chi connectivity index (χ1) is 10.00. The van der Waals surface area contributed by atoms with Crippen molar-refractivity contribution in [3.8, 4) is 0 Å². The van der Waals surface area contributed by atoms with Crippen molar-refractivity contribution in [2.45, 2.75) is 24.9 Å². The van der Waals surface area contributed by atoms with Gasteiger partial charge >= 0.3 is 6.03 Å². The molecular weight excluding hydrogens is 292 g/mol. The molecule has 2 saturated heterocycles. The number of pyridine rings is 1. The summed E-state index contributed by atoms with van der Waals surface area (Å²) in [4.78, 5) is 31.3. The summed E-state index contributed by atoms with van der Waals surface area (Å²) in [5.74, 6) is -0.114. The molecule has 1 aromatic rings. The molecule has 6 nitrogen and oxygen atoms in total. The lowest BCUT2D eigenvalue weighted by atomic mass is 9.87. The summed E-state index contributed by atoms with van der Waals surface area (Å²) in [6.07, 6.45) is 4.68. The van der Waals surface area contributed by atoms with E-state index >= 15 is 0 Å². The number of imide groups is 1. The fourth-order valence-corrected chi connectivity index (χ4v) is 3.18. The first-order valence-corrected chi connectivity index (χ1v) is 7.30. The standard InChI is InChI=1S/C14H17ClN4O2/c1-18-12(20)14(17-13(18)21)2-4-19(5-3-14)9-10-6-11(15)8-16-7-10/h6-8H,2-5,9H2,1H3,(H,17,21). The van der Waals surface area contributed by atoms with Gasteiger partial charge in [0.25, 0.3) is 5.91 Å². The van der Waals surface area contributed by atoms with Crippen LogP contribution in [0.5, 0.6) is 0 Å². The van der Waals surface area contributed by atoms with Crippen molar-refractivity contribution in [3.63, 3.8) is 0 Å². The Morgan fingerprint density at radius 1 is 1.33 bits per heavy atom. The summed E-state index contributed by atoms with van der Waals surface area (Å²) in [6, 6.07) is 1.60. The second-order valence-corrected chi connectivity index (χ2v) is 6.10. The molecule has 7 heteroatoms. The van der Waals surface area contributed by atoms with Gasteiger partial charge in [-0.2, -0.15) is 0 Å². The molecule has 112 valence electrons. The zero-order chi connectivity index (χ0) is 15.0. The van der Waals surface area contributed by atoms with E-state index in [1.807, 2.05) is 6.07 Å². The van der Waals surface area contributed by atoms with Crippen LogP contribution in [0, 0.1) is 0 Å². The van der Waals surface area contributed by atoms with Crippen molar-refractivity contribution >= 4 is 23.5 Å². The number of hydrogen-bond acceptors (Lipinski definition) is 4. The monoisotopic (exact) mass is 308 g/mol. The number of piperidine rings is 1. The molecular formula is C14H17ClN4O2. The Kier molecular flexibility index (Phi) is 3.59. The number of hydrogen-bond donors (Lipinski definition) is 1. The molecule has 0 aliphatic carbocycles. The lowest BCUT2D eigenvalue weighted by molar-refractivity contribution is -0.132. The molecule has 0 saturated carbocycles. The molecule has 2 aliphatic heterocycles. The number of likely N-dealkylation sites (N-methyl/N-ethyl adjacent to an activating group) is 1. The molecule has 2 aliphatic rings. The van der Waals surface area contributed by atoms with Crippen LogP contribution in [-0.4, -0.2) is 52.4 Å². The van der Waals surface area contributed by atoms with Gasteiger partial charge in [0.05, 0.1) is 5.02 Å². The molecule has 0 bridgehead atoms. The summed E-state index contributed by atoms with van der Waals surface area (Å²) in [7, 11) is 1.52. The molecule has 1 aromatic heterocycles. The number of carbonyl (C=O) groups is 2. The van der Waals surface area contributed by atoms with E-state index in [0.29, 0.717) is 17.9 Å². The van der Waals surface area contributed by atoms with Crippen molar-refractivity contribution in [1.29, 1.82) is 0 Å². The van der Waals surface area contributed by atoms with Gasteiger partial charge in [0.2, 0.25) is 0 Å². The lowest BCUT2D eigenvalue weighted by Crippen LogP contribution is -2.54. The third-order valence-electron chi connectivity index (χ3n) is 4.24. The predicted molar refractivity (Wildman–Crippen MR) is 77.8 cm³/mol. The minimum atomic E-state index is -0.699. The highest BCUT2D eigenvalue weighted by Gasteiger charge is 2.50. The van der Waals surface area contributed by atoms with Crippen LogP contribution in [-0.2, 0) is 11.3 Å². The third kappa shape index (κ3) is 2.61. The Balaban J connectivity index is 1.63. The topological polar surface area (TPSA) is 65.5 Å². The summed E-state index contributed by atoms with van der Waals surface area (Å²) >= 11 is 5.93. The van der Waals surface area contributed by atoms with E-state index in [1.165, 1.54) is 11.9 Å². The van der Waals surface area contributed by atoms with Crippen LogP contribution in [0.2, 0.25) is 5.02 Å². The largest absolute Gasteiger partial charge is 0.324 e. The van der Waals surface area contributed by atoms with Gasteiger partial charge in [-0.05, 0) is 24.5 Å². The number of halogens is 1. The molecule has 1 N–H and O–H groups in total. The minimum Gasteiger partial charge on any atom is -0.323 e. The van der Waals surface area contributed by atoms with E-state index in [9.17, 15) is 9.59 Å². The van der Waals surface area contributed by atoms with Gasteiger partial charge in [-0.25, -0.2) is 4.79 Å². The van der Waals surface area contributed by atoms with Crippen molar-refractivity contribution in [1.82, 2.24) is 20.1 Å². The SMILES string of the molecule is CN1C(=O)NC2(CCN(Cc3cncc(Cl)c3)CC2)C1=O. The van der Waals surface area contributed by atoms with E-state index in [2.05, 4.69) is 15.2 Å². The van der Waals surface area contributed by atoms with Crippen LogP contribution < -0.4 is 5.32 Å². The number of carbonyl (C=O) groups excluding carboxylic acids is 2. The van der Waals surface area contributed by atoms with Crippen molar-refractivity contribution in [2.24, 2.45) is 0 Å². The molecule has 0 radical (unpaired) electrons. The maximum Gasteiger partial charge on any atom is 0.324 e. The molecule has 0 aromatic carbocycles.